The van der Waals surface area contributed by atoms with Gasteiger partial charge in [0.1, 0.15) is 24.4 Å². The van der Waals surface area contributed by atoms with Crippen molar-refractivity contribution < 1.29 is 40.2 Å². The van der Waals surface area contributed by atoms with Gasteiger partial charge in [-0.25, -0.2) is 0 Å². The zero-order valence-electron chi connectivity index (χ0n) is 9.88. The van der Waals surface area contributed by atoms with Crippen molar-refractivity contribution in [3.8, 4) is 0 Å². The molecule has 19 heavy (non-hydrogen) atoms. The summed E-state index contributed by atoms with van der Waals surface area (Å²) in [5.74, 6) is -0.657. The minimum absolute atomic E-state index is 0.329. The Morgan fingerprint density at radius 3 is 1.32 bits per heavy atom. The third-order valence-corrected chi connectivity index (χ3v) is 2.14. The third kappa shape index (κ3) is 6.38. The van der Waals surface area contributed by atoms with Crippen molar-refractivity contribution in [3.05, 3.63) is 12.2 Å². The van der Waals surface area contributed by atoms with E-state index in [1.807, 2.05) is 5.32 Å². The van der Waals surface area contributed by atoms with Gasteiger partial charge in [0, 0.05) is 12.2 Å². The first-order valence-electron chi connectivity index (χ1n) is 5.30. The lowest BCUT2D eigenvalue weighted by molar-refractivity contribution is -0.123. The van der Waals surface area contributed by atoms with E-state index in [0.29, 0.717) is 0 Å². The Morgan fingerprint density at radius 2 is 1.16 bits per heavy atom. The van der Waals surface area contributed by atoms with E-state index in [-0.39, 0.29) is 11.8 Å². The van der Waals surface area contributed by atoms with Crippen molar-refractivity contribution in [2.24, 2.45) is 0 Å². The molecule has 1 aliphatic heterocycles. The summed E-state index contributed by atoms with van der Waals surface area (Å²) in [5, 5.41) is 54.2. The maximum Gasteiger partial charge on any atom is 0.250 e. The number of amides is 2. The lowest BCUT2D eigenvalue weighted by Crippen LogP contribution is -2.46. The minimum atomic E-state index is -1.67. The summed E-state index contributed by atoms with van der Waals surface area (Å²) < 4.78 is 0. The summed E-state index contributed by atoms with van der Waals surface area (Å²) in [5.41, 5.74) is 0. The SMILES string of the molecule is O=C1C=CC(=O)N1.OCC(O)C(O)C(O)C(O)CO. The van der Waals surface area contributed by atoms with E-state index in [1.165, 1.54) is 12.2 Å². The fourth-order valence-electron chi connectivity index (χ4n) is 1.03. The highest BCUT2D eigenvalue weighted by molar-refractivity contribution is 6.12. The number of hydrogen-bond donors (Lipinski definition) is 7. The minimum Gasteiger partial charge on any atom is -0.394 e. The summed E-state index contributed by atoms with van der Waals surface area (Å²) in [4.78, 5) is 20.1. The second kappa shape index (κ2) is 8.69. The second-order valence-electron chi connectivity index (χ2n) is 3.67. The second-order valence-corrected chi connectivity index (χ2v) is 3.67. The van der Waals surface area contributed by atoms with Gasteiger partial charge in [-0.05, 0) is 0 Å². The molecule has 0 aromatic heterocycles. The maximum atomic E-state index is 10.0. The van der Waals surface area contributed by atoms with Gasteiger partial charge in [0.25, 0.3) is 11.8 Å². The fraction of sp³-hybridized carbons (Fsp3) is 0.600. The average molecular weight is 279 g/mol. The van der Waals surface area contributed by atoms with Crippen LogP contribution >= 0.6 is 0 Å². The average Bonchev–Trinajstić information content (AvgIpc) is 2.79. The largest absolute Gasteiger partial charge is 0.394 e. The zero-order chi connectivity index (χ0) is 15.0. The summed E-state index contributed by atoms with van der Waals surface area (Å²) in [6.45, 7) is -1.45. The van der Waals surface area contributed by atoms with E-state index < -0.39 is 37.6 Å². The van der Waals surface area contributed by atoms with Gasteiger partial charge in [0.15, 0.2) is 0 Å². The molecule has 0 bridgehead atoms. The van der Waals surface area contributed by atoms with Crippen LogP contribution in [0.1, 0.15) is 0 Å². The number of aliphatic hydroxyl groups is 6. The van der Waals surface area contributed by atoms with Gasteiger partial charge in [-0.3, -0.25) is 14.9 Å². The van der Waals surface area contributed by atoms with Gasteiger partial charge in [0.05, 0.1) is 13.2 Å². The molecule has 0 aromatic rings. The van der Waals surface area contributed by atoms with Crippen LogP contribution in [0.2, 0.25) is 0 Å². The van der Waals surface area contributed by atoms with E-state index in [2.05, 4.69) is 0 Å². The van der Waals surface area contributed by atoms with E-state index >= 15 is 0 Å². The normalized spacial score (nSPS) is 20.1. The number of nitrogens with one attached hydrogen (secondary N) is 1. The van der Waals surface area contributed by atoms with Crippen molar-refractivity contribution in [2.75, 3.05) is 13.2 Å². The predicted molar refractivity (Wildman–Crippen MR) is 60.5 cm³/mol. The molecule has 0 aromatic carbocycles. The van der Waals surface area contributed by atoms with E-state index in [1.54, 1.807) is 0 Å². The zero-order valence-corrected chi connectivity index (χ0v) is 9.88. The van der Waals surface area contributed by atoms with Crippen molar-refractivity contribution in [1.82, 2.24) is 5.32 Å². The number of carbonyl (C=O) groups is 2. The van der Waals surface area contributed by atoms with Gasteiger partial charge in [-0.2, -0.15) is 0 Å². The lowest BCUT2D eigenvalue weighted by atomic mass is 10.0. The molecule has 1 rings (SSSR count). The highest BCUT2D eigenvalue weighted by atomic mass is 16.4. The van der Waals surface area contributed by atoms with Crippen molar-refractivity contribution in [1.29, 1.82) is 0 Å². The third-order valence-electron chi connectivity index (χ3n) is 2.14. The Labute approximate surface area is 108 Å². The highest BCUT2D eigenvalue weighted by Crippen LogP contribution is 2.03. The highest BCUT2D eigenvalue weighted by Gasteiger charge is 2.29. The Kier molecular flexibility index (Phi) is 8.07. The van der Waals surface area contributed by atoms with Crippen LogP contribution in [0.15, 0.2) is 12.2 Å². The molecule has 0 saturated carbocycles. The molecule has 0 aliphatic carbocycles. The summed E-state index contributed by atoms with van der Waals surface area (Å²) in [7, 11) is 0. The molecule has 110 valence electrons. The summed E-state index contributed by atoms with van der Waals surface area (Å²) >= 11 is 0. The molecule has 0 spiro atoms. The molecule has 4 unspecified atom stereocenters. The smallest absolute Gasteiger partial charge is 0.250 e. The molecule has 0 saturated heterocycles. The van der Waals surface area contributed by atoms with Gasteiger partial charge >= 0.3 is 0 Å². The van der Waals surface area contributed by atoms with Crippen LogP contribution in [0.3, 0.4) is 0 Å². The van der Waals surface area contributed by atoms with Crippen LogP contribution in [0.25, 0.3) is 0 Å². The number of rotatable bonds is 5. The van der Waals surface area contributed by atoms with Crippen LogP contribution in [0.4, 0.5) is 0 Å². The number of hydrogen-bond acceptors (Lipinski definition) is 8. The number of carbonyl (C=O) groups excluding carboxylic acids is 2. The molecule has 1 heterocycles. The van der Waals surface area contributed by atoms with Crippen molar-refractivity contribution in [3.63, 3.8) is 0 Å². The Bertz CT molecular complexity index is 301. The summed E-state index contributed by atoms with van der Waals surface area (Å²) in [6, 6.07) is 0. The number of aliphatic hydroxyl groups excluding tert-OH is 6. The first-order valence-corrected chi connectivity index (χ1v) is 5.30. The molecule has 7 N–H and O–H groups in total. The molecule has 0 radical (unpaired) electrons. The molecular formula is C10H17NO8. The van der Waals surface area contributed by atoms with Gasteiger partial charge in [-0.1, -0.05) is 0 Å². The van der Waals surface area contributed by atoms with Gasteiger partial charge in [-0.15, -0.1) is 0 Å². The van der Waals surface area contributed by atoms with E-state index in [9.17, 15) is 9.59 Å². The predicted octanol–water partition coefficient (Wildman–Crippen LogP) is -4.39. The maximum absolute atomic E-state index is 10.0. The Hall–Kier alpha value is -1.36. The van der Waals surface area contributed by atoms with Gasteiger partial charge < -0.3 is 30.6 Å². The topological polar surface area (TPSA) is 168 Å². The molecular weight excluding hydrogens is 262 g/mol. The van der Waals surface area contributed by atoms with E-state index in [4.69, 9.17) is 30.6 Å². The summed E-state index contributed by atoms with van der Waals surface area (Å²) in [6.07, 6.45) is -4.00. The monoisotopic (exact) mass is 279 g/mol. The van der Waals surface area contributed by atoms with Crippen molar-refractivity contribution >= 4 is 11.8 Å². The quantitative estimate of drug-likeness (QED) is 0.248. The molecule has 0 fully saturated rings. The molecule has 9 nitrogen and oxygen atoms in total. The lowest BCUT2D eigenvalue weighted by Gasteiger charge is -2.24. The van der Waals surface area contributed by atoms with Crippen LogP contribution in [-0.2, 0) is 9.59 Å². The molecule has 2 amide bonds. The van der Waals surface area contributed by atoms with Crippen LogP contribution < -0.4 is 5.32 Å². The number of imide groups is 1. The first kappa shape index (κ1) is 17.6. The Balaban J connectivity index is 0.000000388. The first-order chi connectivity index (χ1) is 8.83. The fourth-order valence-corrected chi connectivity index (χ4v) is 1.03. The molecule has 4 atom stereocenters. The van der Waals surface area contributed by atoms with Crippen LogP contribution in [0, 0.1) is 0 Å². The van der Waals surface area contributed by atoms with E-state index in [0.717, 1.165) is 0 Å². The standard InChI is InChI=1S/C6H14O6.C4H3NO2/c7-1-3(9)5(11)6(12)4(10)2-8;6-3-1-2-4(7)5-3/h3-12H,1-2H2;1-2H,(H,5,6,7). The molecule has 9 heteroatoms. The van der Waals surface area contributed by atoms with Crippen molar-refractivity contribution in [2.45, 2.75) is 24.4 Å². The van der Waals surface area contributed by atoms with Crippen LogP contribution in [-0.4, -0.2) is 80.1 Å². The molecule has 1 aliphatic rings. The Morgan fingerprint density at radius 1 is 0.842 bits per heavy atom. The van der Waals surface area contributed by atoms with Gasteiger partial charge in [0.2, 0.25) is 0 Å². The van der Waals surface area contributed by atoms with Crippen LogP contribution in [0.5, 0.6) is 0 Å².